The maximum Gasteiger partial charge on any atom is 0.407 e. The van der Waals surface area contributed by atoms with Crippen LogP contribution in [0.4, 0.5) is 10.5 Å². The summed E-state index contributed by atoms with van der Waals surface area (Å²) in [4.78, 5) is 27.0. The molecule has 192 valence electrons. The third-order valence-electron chi connectivity index (χ3n) is 7.25. The summed E-state index contributed by atoms with van der Waals surface area (Å²) in [5, 5.41) is 12.4. The number of ether oxygens (including phenoxy) is 2. The number of aliphatic carboxylic acids is 1. The molecule has 1 amide bonds. The summed E-state index contributed by atoms with van der Waals surface area (Å²) < 4.78 is 11.0. The van der Waals surface area contributed by atoms with Crippen molar-refractivity contribution >= 4 is 17.7 Å². The molecule has 0 saturated carbocycles. The van der Waals surface area contributed by atoms with Gasteiger partial charge in [-0.3, -0.25) is 0 Å². The van der Waals surface area contributed by atoms with Crippen molar-refractivity contribution in [1.29, 1.82) is 0 Å². The van der Waals surface area contributed by atoms with Crippen LogP contribution >= 0.6 is 0 Å². The molecule has 0 radical (unpaired) electrons. The van der Waals surface area contributed by atoms with Gasteiger partial charge in [0.2, 0.25) is 0 Å². The summed E-state index contributed by atoms with van der Waals surface area (Å²) in [6.07, 6.45) is 0.281. The molecule has 7 heteroatoms. The van der Waals surface area contributed by atoms with Gasteiger partial charge >= 0.3 is 12.1 Å². The Kier molecular flexibility index (Phi) is 7.42. The zero-order valence-electron chi connectivity index (χ0n) is 21.0. The predicted molar refractivity (Wildman–Crippen MR) is 142 cm³/mol. The molecule has 37 heavy (non-hydrogen) atoms. The third kappa shape index (κ3) is 5.32. The van der Waals surface area contributed by atoms with E-state index in [1.807, 2.05) is 54.6 Å². The minimum Gasteiger partial charge on any atom is -0.480 e. The van der Waals surface area contributed by atoms with E-state index in [1.165, 1.54) is 0 Å². The Morgan fingerprint density at radius 1 is 1.03 bits per heavy atom. The number of fused-ring (bicyclic) bond motifs is 3. The van der Waals surface area contributed by atoms with Gasteiger partial charge in [-0.2, -0.15) is 0 Å². The number of carbonyl (C=O) groups is 2. The van der Waals surface area contributed by atoms with Gasteiger partial charge in [0.05, 0.1) is 13.2 Å². The average molecular weight is 501 g/mol. The molecule has 0 aromatic heterocycles. The van der Waals surface area contributed by atoms with Crippen LogP contribution in [0.2, 0.25) is 0 Å². The largest absolute Gasteiger partial charge is 0.480 e. The summed E-state index contributed by atoms with van der Waals surface area (Å²) >= 11 is 0. The Balaban J connectivity index is 1.24. The lowest BCUT2D eigenvalue weighted by Crippen LogP contribution is -2.43. The smallest absolute Gasteiger partial charge is 0.407 e. The Hall–Kier alpha value is -3.84. The number of hydrogen-bond donors (Lipinski definition) is 2. The molecule has 2 aliphatic rings. The molecule has 1 unspecified atom stereocenters. The van der Waals surface area contributed by atoms with Crippen LogP contribution in [0, 0.1) is 0 Å². The first kappa shape index (κ1) is 24.8. The van der Waals surface area contributed by atoms with Crippen LogP contribution < -0.4 is 10.2 Å². The fourth-order valence-electron chi connectivity index (χ4n) is 5.38. The third-order valence-corrected chi connectivity index (χ3v) is 7.25. The van der Waals surface area contributed by atoms with Crippen LogP contribution in [0.1, 0.15) is 35.1 Å². The minimum atomic E-state index is -1.09. The number of carboxylic acid groups (broad SMARTS) is 1. The Labute approximate surface area is 217 Å². The van der Waals surface area contributed by atoms with Crippen LogP contribution in [-0.2, 0) is 27.1 Å². The molecule has 3 aromatic rings. The molecule has 1 heterocycles. The molecule has 2 N–H and O–H groups in total. The van der Waals surface area contributed by atoms with Crippen LogP contribution in [0.5, 0.6) is 0 Å². The second-order valence-corrected chi connectivity index (χ2v) is 9.48. The van der Waals surface area contributed by atoms with E-state index < -0.39 is 18.1 Å². The molecule has 7 nitrogen and oxygen atoms in total. The number of anilines is 1. The molecule has 1 atom stereocenters. The number of nitrogens with one attached hydrogen (secondary N) is 1. The van der Waals surface area contributed by atoms with E-state index in [0.29, 0.717) is 13.2 Å². The summed E-state index contributed by atoms with van der Waals surface area (Å²) in [5.41, 5.74) is 7.68. The topological polar surface area (TPSA) is 88.1 Å². The first-order chi connectivity index (χ1) is 18.0. The molecule has 0 bridgehead atoms. The summed E-state index contributed by atoms with van der Waals surface area (Å²) in [6, 6.07) is 21.1. The van der Waals surface area contributed by atoms with Crippen molar-refractivity contribution in [3.05, 3.63) is 89.0 Å². The number of carboxylic acids is 1. The highest BCUT2D eigenvalue weighted by Crippen LogP contribution is 2.44. The van der Waals surface area contributed by atoms with E-state index in [0.717, 1.165) is 58.6 Å². The van der Waals surface area contributed by atoms with E-state index >= 15 is 0 Å². The SMILES string of the molecule is CCc1cc(CC(NC(=O)OCC2c3ccccc3-c3ccccc32)C(=O)O)ccc1N1CCOCC1. The van der Waals surface area contributed by atoms with Crippen LogP contribution in [0.25, 0.3) is 11.1 Å². The minimum absolute atomic E-state index is 0.0822. The molecule has 1 fully saturated rings. The number of aryl methyl sites for hydroxylation is 1. The number of nitrogens with zero attached hydrogens (tertiary/aromatic N) is 1. The van der Waals surface area contributed by atoms with Crippen molar-refractivity contribution in [2.24, 2.45) is 0 Å². The first-order valence-electron chi connectivity index (χ1n) is 12.8. The van der Waals surface area contributed by atoms with Gasteiger partial charge in [0, 0.05) is 31.1 Å². The lowest BCUT2D eigenvalue weighted by Gasteiger charge is -2.31. The van der Waals surface area contributed by atoms with Crippen molar-refractivity contribution in [2.75, 3.05) is 37.8 Å². The van der Waals surface area contributed by atoms with Gasteiger partial charge in [-0.15, -0.1) is 0 Å². The van der Waals surface area contributed by atoms with Crippen molar-refractivity contribution in [2.45, 2.75) is 31.7 Å². The number of alkyl carbamates (subject to hydrolysis) is 1. The van der Waals surface area contributed by atoms with Gasteiger partial charge in [-0.25, -0.2) is 9.59 Å². The number of benzene rings is 3. The standard InChI is InChI=1S/C30H32N2O5/c1-2-21-17-20(11-12-28(21)32-13-15-36-16-14-32)18-27(29(33)34)31-30(35)37-19-26-24-9-5-3-7-22(24)23-8-4-6-10-25(23)26/h3-12,17,26-27H,2,13-16,18-19H2,1H3,(H,31,35)(H,33,34). The van der Waals surface area contributed by atoms with Crippen LogP contribution in [0.3, 0.4) is 0 Å². The fraction of sp³-hybridized carbons (Fsp3) is 0.333. The molecular weight excluding hydrogens is 468 g/mol. The van der Waals surface area contributed by atoms with Crippen molar-refractivity contribution in [3.8, 4) is 11.1 Å². The van der Waals surface area contributed by atoms with Crippen molar-refractivity contribution < 1.29 is 24.2 Å². The number of morpholine rings is 1. The van der Waals surface area contributed by atoms with E-state index in [4.69, 9.17) is 9.47 Å². The second-order valence-electron chi connectivity index (χ2n) is 9.48. The van der Waals surface area contributed by atoms with Gasteiger partial charge in [-0.05, 0) is 45.9 Å². The van der Waals surface area contributed by atoms with E-state index in [2.05, 4.69) is 29.3 Å². The number of rotatable bonds is 8. The maximum atomic E-state index is 12.7. The highest BCUT2D eigenvalue weighted by atomic mass is 16.5. The summed E-state index contributed by atoms with van der Waals surface area (Å²) in [7, 11) is 0. The molecule has 5 rings (SSSR count). The zero-order chi connectivity index (χ0) is 25.8. The molecule has 3 aromatic carbocycles. The maximum absolute atomic E-state index is 12.7. The molecule has 0 spiro atoms. The monoisotopic (exact) mass is 500 g/mol. The van der Waals surface area contributed by atoms with Gasteiger partial charge in [0.15, 0.2) is 0 Å². The molecule has 1 aliphatic heterocycles. The summed E-state index contributed by atoms with van der Waals surface area (Å²) in [6.45, 7) is 5.32. The summed E-state index contributed by atoms with van der Waals surface area (Å²) in [5.74, 6) is -1.18. The second kappa shape index (κ2) is 11.0. The fourth-order valence-corrected chi connectivity index (χ4v) is 5.38. The van der Waals surface area contributed by atoms with E-state index in [1.54, 1.807) is 0 Å². The lowest BCUT2D eigenvalue weighted by atomic mass is 9.98. The van der Waals surface area contributed by atoms with E-state index in [9.17, 15) is 14.7 Å². The Bertz CT molecular complexity index is 1240. The quantitative estimate of drug-likeness (QED) is 0.469. The number of hydrogen-bond acceptors (Lipinski definition) is 5. The molecule has 1 saturated heterocycles. The lowest BCUT2D eigenvalue weighted by molar-refractivity contribution is -0.139. The van der Waals surface area contributed by atoms with Gasteiger partial charge in [-0.1, -0.05) is 67.6 Å². The normalized spacial score (nSPS) is 15.5. The zero-order valence-corrected chi connectivity index (χ0v) is 21.0. The highest BCUT2D eigenvalue weighted by Gasteiger charge is 2.30. The van der Waals surface area contributed by atoms with Crippen LogP contribution in [0.15, 0.2) is 66.7 Å². The predicted octanol–water partition coefficient (Wildman–Crippen LogP) is 4.62. The average Bonchev–Trinajstić information content (AvgIpc) is 3.25. The van der Waals surface area contributed by atoms with Crippen molar-refractivity contribution in [3.63, 3.8) is 0 Å². The van der Waals surface area contributed by atoms with Crippen LogP contribution in [-0.4, -0.2) is 56.1 Å². The number of carbonyl (C=O) groups excluding carboxylic acids is 1. The van der Waals surface area contributed by atoms with Crippen molar-refractivity contribution in [1.82, 2.24) is 5.32 Å². The molecule has 1 aliphatic carbocycles. The van der Waals surface area contributed by atoms with Gasteiger partial charge in [0.1, 0.15) is 12.6 Å². The van der Waals surface area contributed by atoms with E-state index in [-0.39, 0.29) is 18.9 Å². The number of amides is 1. The first-order valence-corrected chi connectivity index (χ1v) is 12.8. The highest BCUT2D eigenvalue weighted by molar-refractivity contribution is 5.81. The molecular formula is C30H32N2O5. The Morgan fingerprint density at radius 3 is 2.30 bits per heavy atom. The van der Waals surface area contributed by atoms with Gasteiger partial charge in [0.25, 0.3) is 0 Å². The van der Waals surface area contributed by atoms with Gasteiger partial charge < -0.3 is 24.8 Å². The Morgan fingerprint density at radius 2 is 1.68 bits per heavy atom.